The minimum absolute atomic E-state index is 0.125. The van der Waals surface area contributed by atoms with E-state index >= 15 is 0 Å². The molecule has 19 heavy (non-hydrogen) atoms. The van der Waals surface area contributed by atoms with Crippen LogP contribution in [0.1, 0.15) is 78.1 Å². The Morgan fingerprint density at radius 1 is 1.11 bits per heavy atom. The molecule has 1 N–H and O–H groups in total. The highest BCUT2D eigenvalue weighted by molar-refractivity contribution is 5.91. The average molecular weight is 266 g/mol. The number of rotatable bonds is 9. The van der Waals surface area contributed by atoms with Gasteiger partial charge in [0.2, 0.25) is 5.91 Å². The summed E-state index contributed by atoms with van der Waals surface area (Å²) in [4.78, 5) is 14.3. The van der Waals surface area contributed by atoms with Crippen molar-refractivity contribution >= 4 is 5.91 Å². The lowest BCUT2D eigenvalue weighted by atomic mass is 10.1. The van der Waals surface area contributed by atoms with Gasteiger partial charge in [0.05, 0.1) is 11.7 Å². The summed E-state index contributed by atoms with van der Waals surface area (Å²) in [5, 5.41) is 3.46. The van der Waals surface area contributed by atoms with E-state index in [-0.39, 0.29) is 11.7 Å². The predicted molar refractivity (Wildman–Crippen MR) is 78.9 cm³/mol. The van der Waals surface area contributed by atoms with Crippen molar-refractivity contribution < 1.29 is 4.79 Å². The van der Waals surface area contributed by atoms with Gasteiger partial charge in [-0.3, -0.25) is 10.1 Å². The van der Waals surface area contributed by atoms with Crippen molar-refractivity contribution in [1.82, 2.24) is 10.2 Å². The number of nitrogens with zero attached hydrogens (tertiary/aromatic N) is 1. The molecule has 1 saturated heterocycles. The van der Waals surface area contributed by atoms with Crippen molar-refractivity contribution in [2.75, 3.05) is 6.54 Å². The molecule has 1 aliphatic heterocycles. The predicted octanol–water partition coefficient (Wildman–Crippen LogP) is 3.44. The molecule has 0 aromatic rings. The van der Waals surface area contributed by atoms with E-state index in [0.717, 1.165) is 19.4 Å². The maximum atomic E-state index is 12.2. The topological polar surface area (TPSA) is 32.3 Å². The molecule has 2 rings (SSSR count). The molecule has 110 valence electrons. The first-order valence-corrected chi connectivity index (χ1v) is 8.28. The second-order valence-electron chi connectivity index (χ2n) is 6.38. The maximum Gasteiger partial charge on any atom is 0.244 e. The number of carbonyl (C=O) groups is 1. The summed E-state index contributed by atoms with van der Waals surface area (Å²) in [5.41, 5.74) is -0.125. The summed E-state index contributed by atoms with van der Waals surface area (Å²) >= 11 is 0. The van der Waals surface area contributed by atoms with E-state index in [1.807, 2.05) is 0 Å². The van der Waals surface area contributed by atoms with Gasteiger partial charge in [0.1, 0.15) is 0 Å². The molecule has 1 atom stereocenters. The van der Waals surface area contributed by atoms with Crippen molar-refractivity contribution in [3.8, 4) is 0 Å². The van der Waals surface area contributed by atoms with Gasteiger partial charge >= 0.3 is 0 Å². The SMILES string of the molecule is CCCCCCCCCCN1C(=O)C2(CC2)NC1C. The molecule has 0 radical (unpaired) electrons. The molecule has 2 aliphatic rings. The standard InChI is InChI=1S/C16H30N2O/c1-3-4-5-6-7-8-9-10-13-18-14(2)17-16(11-12-16)15(18)19/h14,17H,3-13H2,1-2H3. The van der Waals surface area contributed by atoms with Gasteiger partial charge in [-0.1, -0.05) is 51.9 Å². The molecule has 0 aromatic heterocycles. The molecule has 1 saturated carbocycles. The first-order chi connectivity index (χ1) is 9.19. The van der Waals surface area contributed by atoms with E-state index in [2.05, 4.69) is 24.1 Å². The van der Waals surface area contributed by atoms with Gasteiger partial charge in [-0.05, 0) is 26.2 Å². The average Bonchev–Trinajstić information content (AvgIpc) is 3.12. The van der Waals surface area contributed by atoms with Gasteiger partial charge in [0.15, 0.2) is 0 Å². The van der Waals surface area contributed by atoms with E-state index in [0.29, 0.717) is 5.91 Å². The number of hydrogen-bond acceptors (Lipinski definition) is 2. The molecule has 1 spiro atoms. The van der Waals surface area contributed by atoms with Gasteiger partial charge in [-0.25, -0.2) is 0 Å². The van der Waals surface area contributed by atoms with E-state index in [1.165, 1.54) is 51.4 Å². The fourth-order valence-electron chi connectivity index (χ4n) is 3.18. The second kappa shape index (κ2) is 6.74. The fourth-order valence-corrected chi connectivity index (χ4v) is 3.18. The Kier molecular flexibility index (Phi) is 5.26. The van der Waals surface area contributed by atoms with Crippen LogP contribution in [0.4, 0.5) is 0 Å². The first-order valence-electron chi connectivity index (χ1n) is 8.28. The number of unbranched alkanes of at least 4 members (excludes halogenated alkanes) is 7. The second-order valence-corrected chi connectivity index (χ2v) is 6.38. The van der Waals surface area contributed by atoms with Gasteiger partial charge in [0, 0.05) is 6.54 Å². The third-order valence-electron chi connectivity index (χ3n) is 4.63. The molecule has 3 heteroatoms. The van der Waals surface area contributed by atoms with Gasteiger partial charge in [-0.15, -0.1) is 0 Å². The summed E-state index contributed by atoms with van der Waals surface area (Å²) in [5.74, 6) is 0.364. The molecule has 1 heterocycles. The molecular formula is C16H30N2O. The van der Waals surface area contributed by atoms with Crippen LogP contribution in [0.5, 0.6) is 0 Å². The van der Waals surface area contributed by atoms with Crippen molar-refractivity contribution in [3.05, 3.63) is 0 Å². The highest BCUT2D eigenvalue weighted by Crippen LogP contribution is 2.41. The van der Waals surface area contributed by atoms with Gasteiger partial charge in [-0.2, -0.15) is 0 Å². The zero-order valence-electron chi connectivity index (χ0n) is 12.7. The quantitative estimate of drug-likeness (QED) is 0.648. The third kappa shape index (κ3) is 3.71. The highest BCUT2D eigenvalue weighted by atomic mass is 16.2. The molecule has 0 aromatic carbocycles. The van der Waals surface area contributed by atoms with Crippen molar-refractivity contribution in [2.24, 2.45) is 0 Å². The monoisotopic (exact) mass is 266 g/mol. The van der Waals surface area contributed by atoms with Crippen LogP contribution in [0.2, 0.25) is 0 Å². The Morgan fingerprint density at radius 3 is 2.21 bits per heavy atom. The van der Waals surface area contributed by atoms with Crippen molar-refractivity contribution in [3.63, 3.8) is 0 Å². The summed E-state index contributed by atoms with van der Waals surface area (Å²) in [6, 6.07) is 0. The van der Waals surface area contributed by atoms with Crippen LogP contribution in [0, 0.1) is 0 Å². The highest BCUT2D eigenvalue weighted by Gasteiger charge is 2.57. The van der Waals surface area contributed by atoms with E-state index in [4.69, 9.17) is 0 Å². The molecule has 1 amide bonds. The minimum atomic E-state index is -0.125. The van der Waals surface area contributed by atoms with E-state index in [1.54, 1.807) is 0 Å². The third-order valence-corrected chi connectivity index (χ3v) is 4.63. The molecule has 2 fully saturated rings. The molecule has 1 unspecified atom stereocenters. The summed E-state index contributed by atoms with van der Waals surface area (Å²) in [7, 11) is 0. The summed E-state index contributed by atoms with van der Waals surface area (Å²) in [6.07, 6.45) is 13.0. The van der Waals surface area contributed by atoms with Gasteiger partial charge in [0.25, 0.3) is 0 Å². The Morgan fingerprint density at radius 2 is 1.68 bits per heavy atom. The van der Waals surface area contributed by atoms with E-state index in [9.17, 15) is 4.79 Å². The van der Waals surface area contributed by atoms with Crippen LogP contribution in [0.3, 0.4) is 0 Å². The molecular weight excluding hydrogens is 236 g/mol. The Hall–Kier alpha value is -0.570. The zero-order chi connectivity index (χ0) is 13.7. The normalized spacial score (nSPS) is 24.4. The number of hydrogen-bond donors (Lipinski definition) is 1. The number of nitrogens with one attached hydrogen (secondary N) is 1. The first kappa shape index (κ1) is 14.8. The van der Waals surface area contributed by atoms with Crippen LogP contribution in [-0.2, 0) is 4.79 Å². The Labute approximate surface area is 118 Å². The van der Waals surface area contributed by atoms with Crippen LogP contribution < -0.4 is 5.32 Å². The Bertz CT molecular complexity index is 299. The molecule has 3 nitrogen and oxygen atoms in total. The minimum Gasteiger partial charge on any atom is -0.326 e. The molecule has 1 aliphatic carbocycles. The largest absolute Gasteiger partial charge is 0.326 e. The van der Waals surface area contributed by atoms with Crippen LogP contribution in [0.15, 0.2) is 0 Å². The van der Waals surface area contributed by atoms with E-state index < -0.39 is 0 Å². The zero-order valence-corrected chi connectivity index (χ0v) is 12.7. The summed E-state index contributed by atoms with van der Waals surface area (Å²) < 4.78 is 0. The lowest BCUT2D eigenvalue weighted by molar-refractivity contribution is -0.130. The number of carbonyl (C=O) groups excluding carboxylic acids is 1. The summed E-state index contributed by atoms with van der Waals surface area (Å²) in [6.45, 7) is 5.33. The Balaban J connectivity index is 1.53. The molecule has 0 bridgehead atoms. The number of amides is 1. The lowest BCUT2D eigenvalue weighted by Gasteiger charge is -2.20. The fraction of sp³-hybridized carbons (Fsp3) is 0.938. The van der Waals surface area contributed by atoms with Gasteiger partial charge < -0.3 is 4.90 Å². The smallest absolute Gasteiger partial charge is 0.244 e. The lowest BCUT2D eigenvalue weighted by Crippen LogP contribution is -2.35. The van der Waals surface area contributed by atoms with Crippen LogP contribution in [0.25, 0.3) is 0 Å². The van der Waals surface area contributed by atoms with Crippen molar-refractivity contribution in [2.45, 2.75) is 89.8 Å². The van der Waals surface area contributed by atoms with Crippen molar-refractivity contribution in [1.29, 1.82) is 0 Å². The van der Waals surface area contributed by atoms with Crippen LogP contribution in [-0.4, -0.2) is 29.1 Å². The maximum absolute atomic E-state index is 12.2. The van der Waals surface area contributed by atoms with Crippen LogP contribution >= 0.6 is 0 Å².